The molecule has 1 N–H and O–H groups in total. The minimum absolute atomic E-state index is 0.763. The molecule has 1 aliphatic carbocycles. The standard InChI is InChI=1S/C15H23N3O/c1-11-7-14(15(19-2)9-16-11)17-8-12-5-6-18(10-12)13-3-4-13/h7,9,12-13H,3-6,8,10H2,1-2H3,(H,16,17). The quantitative estimate of drug-likeness (QED) is 0.882. The van der Waals surface area contributed by atoms with E-state index >= 15 is 0 Å². The van der Waals surface area contributed by atoms with Crippen molar-refractivity contribution in [2.45, 2.75) is 32.2 Å². The summed E-state index contributed by atoms with van der Waals surface area (Å²) in [5.74, 6) is 1.60. The Morgan fingerprint density at radius 2 is 2.26 bits per heavy atom. The van der Waals surface area contributed by atoms with E-state index in [2.05, 4.69) is 21.3 Å². The lowest BCUT2D eigenvalue weighted by Gasteiger charge is -2.17. The van der Waals surface area contributed by atoms with Crippen molar-refractivity contribution in [2.75, 3.05) is 32.1 Å². The molecule has 3 rings (SSSR count). The van der Waals surface area contributed by atoms with Crippen molar-refractivity contribution in [3.8, 4) is 5.75 Å². The number of rotatable bonds is 5. The van der Waals surface area contributed by atoms with Gasteiger partial charge in [-0.25, -0.2) is 0 Å². The van der Waals surface area contributed by atoms with Crippen LogP contribution in [0.1, 0.15) is 25.0 Å². The number of nitrogens with one attached hydrogen (secondary N) is 1. The van der Waals surface area contributed by atoms with Crippen LogP contribution in [0, 0.1) is 12.8 Å². The highest BCUT2D eigenvalue weighted by Gasteiger charge is 2.34. The van der Waals surface area contributed by atoms with Crippen LogP contribution in [0.15, 0.2) is 12.3 Å². The summed E-state index contributed by atoms with van der Waals surface area (Å²) in [4.78, 5) is 6.91. The zero-order chi connectivity index (χ0) is 13.2. The van der Waals surface area contributed by atoms with Gasteiger partial charge in [0.25, 0.3) is 0 Å². The maximum absolute atomic E-state index is 5.35. The largest absolute Gasteiger partial charge is 0.493 e. The van der Waals surface area contributed by atoms with Gasteiger partial charge in [-0.3, -0.25) is 4.98 Å². The number of pyridine rings is 1. The van der Waals surface area contributed by atoms with Gasteiger partial charge < -0.3 is 15.0 Å². The van der Waals surface area contributed by atoms with Gasteiger partial charge in [-0.2, -0.15) is 0 Å². The van der Waals surface area contributed by atoms with Crippen LogP contribution in [0.5, 0.6) is 5.75 Å². The Bertz CT molecular complexity index is 445. The van der Waals surface area contributed by atoms with Crippen molar-refractivity contribution >= 4 is 5.69 Å². The van der Waals surface area contributed by atoms with Gasteiger partial charge >= 0.3 is 0 Å². The normalized spacial score (nSPS) is 23.6. The zero-order valence-electron chi connectivity index (χ0n) is 11.9. The second-order valence-corrected chi connectivity index (χ2v) is 5.79. The molecule has 1 unspecified atom stereocenters. The molecule has 0 radical (unpaired) electrons. The van der Waals surface area contributed by atoms with Gasteiger partial charge in [0.2, 0.25) is 0 Å². The number of nitrogens with zero attached hydrogens (tertiary/aromatic N) is 2. The first kappa shape index (κ1) is 12.7. The molecular formula is C15H23N3O. The Labute approximate surface area is 115 Å². The number of hydrogen-bond donors (Lipinski definition) is 1. The van der Waals surface area contributed by atoms with Gasteiger partial charge in [-0.15, -0.1) is 0 Å². The van der Waals surface area contributed by atoms with Crippen molar-refractivity contribution in [1.82, 2.24) is 9.88 Å². The summed E-state index contributed by atoms with van der Waals surface area (Å²) in [6, 6.07) is 2.97. The summed E-state index contributed by atoms with van der Waals surface area (Å²) in [7, 11) is 1.70. The highest BCUT2D eigenvalue weighted by molar-refractivity contribution is 5.55. The first-order valence-electron chi connectivity index (χ1n) is 7.25. The lowest BCUT2D eigenvalue weighted by atomic mass is 10.1. The number of hydrogen-bond acceptors (Lipinski definition) is 4. The first-order valence-corrected chi connectivity index (χ1v) is 7.25. The minimum atomic E-state index is 0.763. The van der Waals surface area contributed by atoms with E-state index in [4.69, 9.17) is 4.74 Å². The molecule has 1 atom stereocenters. The highest BCUT2D eigenvalue weighted by Crippen LogP contribution is 2.32. The SMILES string of the molecule is COc1cnc(C)cc1NCC1CCN(C2CC2)C1. The molecule has 0 spiro atoms. The molecule has 0 aromatic carbocycles. The van der Waals surface area contributed by atoms with Crippen molar-refractivity contribution in [3.05, 3.63) is 18.0 Å². The molecule has 4 heteroatoms. The number of aromatic nitrogens is 1. The Hall–Kier alpha value is -1.29. The van der Waals surface area contributed by atoms with Gasteiger partial charge in [-0.1, -0.05) is 0 Å². The van der Waals surface area contributed by atoms with E-state index in [1.54, 1.807) is 13.3 Å². The third kappa shape index (κ3) is 3.00. The van der Waals surface area contributed by atoms with Gasteiger partial charge in [-0.05, 0) is 44.7 Å². The number of anilines is 1. The third-order valence-corrected chi connectivity index (χ3v) is 4.19. The third-order valence-electron chi connectivity index (χ3n) is 4.19. The van der Waals surface area contributed by atoms with Crippen LogP contribution in [0.2, 0.25) is 0 Å². The molecule has 1 saturated carbocycles. The molecule has 1 aromatic heterocycles. The fraction of sp³-hybridized carbons (Fsp3) is 0.667. The predicted molar refractivity (Wildman–Crippen MR) is 76.7 cm³/mol. The second kappa shape index (κ2) is 5.37. The summed E-state index contributed by atoms with van der Waals surface area (Å²) >= 11 is 0. The van der Waals surface area contributed by atoms with E-state index in [1.165, 1.54) is 32.4 Å². The van der Waals surface area contributed by atoms with E-state index < -0.39 is 0 Å². The summed E-state index contributed by atoms with van der Waals surface area (Å²) < 4.78 is 5.35. The molecule has 1 aliphatic heterocycles. The Morgan fingerprint density at radius 1 is 1.42 bits per heavy atom. The van der Waals surface area contributed by atoms with Crippen LogP contribution in [0.3, 0.4) is 0 Å². The van der Waals surface area contributed by atoms with Crippen molar-refractivity contribution in [3.63, 3.8) is 0 Å². The maximum atomic E-state index is 5.35. The number of ether oxygens (including phenoxy) is 1. The van der Waals surface area contributed by atoms with Crippen LogP contribution in [-0.4, -0.2) is 42.7 Å². The molecule has 0 amide bonds. The lowest BCUT2D eigenvalue weighted by molar-refractivity contribution is 0.316. The molecule has 2 aliphatic rings. The average Bonchev–Trinajstić information content (AvgIpc) is 3.16. The Kier molecular flexibility index (Phi) is 3.60. The molecule has 1 saturated heterocycles. The zero-order valence-corrected chi connectivity index (χ0v) is 11.9. The molecule has 19 heavy (non-hydrogen) atoms. The fourth-order valence-corrected chi connectivity index (χ4v) is 2.90. The fourth-order valence-electron chi connectivity index (χ4n) is 2.90. The second-order valence-electron chi connectivity index (χ2n) is 5.79. The molecule has 4 nitrogen and oxygen atoms in total. The predicted octanol–water partition coefficient (Wildman–Crippen LogP) is 2.29. The minimum Gasteiger partial charge on any atom is -0.493 e. The van der Waals surface area contributed by atoms with Crippen molar-refractivity contribution in [2.24, 2.45) is 5.92 Å². The highest BCUT2D eigenvalue weighted by atomic mass is 16.5. The van der Waals surface area contributed by atoms with E-state index in [0.29, 0.717) is 0 Å². The molecule has 1 aromatic rings. The summed E-state index contributed by atoms with van der Waals surface area (Å²) in [6.07, 6.45) is 5.94. The topological polar surface area (TPSA) is 37.4 Å². The summed E-state index contributed by atoms with van der Waals surface area (Å²) in [5, 5.41) is 3.54. The van der Waals surface area contributed by atoms with Crippen LogP contribution in [-0.2, 0) is 0 Å². The van der Waals surface area contributed by atoms with Gasteiger partial charge in [0.15, 0.2) is 5.75 Å². The van der Waals surface area contributed by atoms with E-state index in [9.17, 15) is 0 Å². The number of methoxy groups -OCH3 is 1. The molecular weight excluding hydrogens is 238 g/mol. The monoisotopic (exact) mass is 261 g/mol. The van der Waals surface area contributed by atoms with Crippen LogP contribution in [0.4, 0.5) is 5.69 Å². The van der Waals surface area contributed by atoms with Gasteiger partial charge in [0, 0.05) is 24.8 Å². The lowest BCUT2D eigenvalue weighted by Crippen LogP contribution is -2.24. The number of aryl methyl sites for hydroxylation is 1. The number of likely N-dealkylation sites (tertiary alicyclic amines) is 1. The van der Waals surface area contributed by atoms with Crippen LogP contribution in [0.25, 0.3) is 0 Å². The van der Waals surface area contributed by atoms with Crippen LogP contribution < -0.4 is 10.1 Å². The van der Waals surface area contributed by atoms with E-state index in [-0.39, 0.29) is 0 Å². The van der Waals surface area contributed by atoms with Gasteiger partial charge in [0.1, 0.15) is 0 Å². The Balaban J connectivity index is 1.55. The first-order chi connectivity index (χ1) is 9.26. The summed E-state index contributed by atoms with van der Waals surface area (Å²) in [5.41, 5.74) is 2.09. The van der Waals surface area contributed by atoms with E-state index in [0.717, 1.165) is 35.6 Å². The Morgan fingerprint density at radius 3 is 3.00 bits per heavy atom. The smallest absolute Gasteiger partial charge is 0.160 e. The van der Waals surface area contributed by atoms with Crippen LogP contribution >= 0.6 is 0 Å². The molecule has 2 heterocycles. The van der Waals surface area contributed by atoms with Crippen molar-refractivity contribution < 1.29 is 4.74 Å². The molecule has 104 valence electrons. The molecule has 0 bridgehead atoms. The maximum Gasteiger partial charge on any atom is 0.160 e. The van der Waals surface area contributed by atoms with Gasteiger partial charge in [0.05, 0.1) is 19.0 Å². The average molecular weight is 261 g/mol. The summed E-state index contributed by atoms with van der Waals surface area (Å²) in [6.45, 7) is 5.58. The van der Waals surface area contributed by atoms with E-state index in [1.807, 2.05) is 6.92 Å². The molecule has 2 fully saturated rings. The van der Waals surface area contributed by atoms with Crippen molar-refractivity contribution in [1.29, 1.82) is 0 Å².